The van der Waals surface area contributed by atoms with Crippen molar-refractivity contribution in [2.75, 3.05) is 5.32 Å². The van der Waals surface area contributed by atoms with Gasteiger partial charge < -0.3 is 19.3 Å². The second-order valence-corrected chi connectivity index (χ2v) is 7.28. The molecule has 0 radical (unpaired) electrons. The van der Waals surface area contributed by atoms with Crippen LogP contribution < -0.4 is 5.32 Å². The Hall–Kier alpha value is -4.03. The van der Waals surface area contributed by atoms with Crippen LogP contribution in [0.5, 0.6) is 5.75 Å². The van der Waals surface area contributed by atoms with Gasteiger partial charge in [-0.25, -0.2) is 4.98 Å². The van der Waals surface area contributed by atoms with E-state index in [1.54, 1.807) is 42.5 Å². The van der Waals surface area contributed by atoms with Crippen molar-refractivity contribution in [3.63, 3.8) is 0 Å². The molecule has 3 aromatic carbocycles. The molecule has 0 aliphatic carbocycles. The molecule has 0 aliphatic heterocycles. The Morgan fingerprint density at radius 3 is 2.55 bits per heavy atom. The Kier molecular flexibility index (Phi) is 4.69. The molecule has 152 valence electrons. The number of oxazole rings is 1. The van der Waals surface area contributed by atoms with E-state index < -0.39 is 5.91 Å². The molecule has 6 nitrogen and oxygen atoms in total. The monoisotopic (exact) mass is 430 g/mol. The van der Waals surface area contributed by atoms with Gasteiger partial charge >= 0.3 is 0 Å². The number of nitrogens with zero attached hydrogens (tertiary/aromatic N) is 1. The van der Waals surface area contributed by atoms with E-state index in [9.17, 15) is 9.90 Å². The van der Waals surface area contributed by atoms with E-state index in [-0.39, 0.29) is 17.4 Å². The molecule has 2 N–H and O–H groups in total. The number of anilines is 1. The fraction of sp³-hybridized carbons (Fsp3) is 0. The topological polar surface area (TPSA) is 88.5 Å². The molecule has 7 heteroatoms. The minimum absolute atomic E-state index is 0.00687. The Morgan fingerprint density at radius 2 is 1.74 bits per heavy atom. The minimum Gasteiger partial charge on any atom is -0.507 e. The number of carbonyl (C=O) groups is 1. The number of halogens is 1. The molecule has 0 atom stereocenters. The van der Waals surface area contributed by atoms with Crippen molar-refractivity contribution in [3.8, 4) is 28.5 Å². The molecule has 2 heterocycles. The van der Waals surface area contributed by atoms with Crippen molar-refractivity contribution in [2.24, 2.45) is 0 Å². The van der Waals surface area contributed by atoms with E-state index in [1.807, 2.05) is 30.3 Å². The summed E-state index contributed by atoms with van der Waals surface area (Å²) < 4.78 is 11.4. The van der Waals surface area contributed by atoms with Gasteiger partial charge in [-0.15, -0.1) is 0 Å². The summed E-state index contributed by atoms with van der Waals surface area (Å²) in [6.45, 7) is 0. The summed E-state index contributed by atoms with van der Waals surface area (Å²) in [5, 5.41) is 13.7. The molecule has 0 unspecified atom stereocenters. The summed E-state index contributed by atoms with van der Waals surface area (Å²) in [6, 6.07) is 22.4. The van der Waals surface area contributed by atoms with Crippen molar-refractivity contribution < 1.29 is 18.7 Å². The SMILES string of the molecule is O=C(Nc1ccc(O)c(-c2nc3ccccc3o2)c1)c1ccc(-c2ccc(Cl)cc2)o1. The summed E-state index contributed by atoms with van der Waals surface area (Å²) in [5.41, 5.74) is 2.93. The number of fused-ring (bicyclic) bond motifs is 1. The van der Waals surface area contributed by atoms with Gasteiger partial charge in [0.05, 0.1) is 5.56 Å². The number of benzene rings is 3. The number of para-hydroxylation sites is 2. The van der Waals surface area contributed by atoms with E-state index in [0.29, 0.717) is 33.1 Å². The first-order chi connectivity index (χ1) is 15.1. The first-order valence-corrected chi connectivity index (χ1v) is 9.81. The van der Waals surface area contributed by atoms with Crippen LogP contribution in [0.15, 0.2) is 87.7 Å². The summed E-state index contributed by atoms with van der Waals surface area (Å²) in [4.78, 5) is 17.1. The number of aromatic hydroxyl groups is 1. The van der Waals surface area contributed by atoms with E-state index in [1.165, 1.54) is 6.07 Å². The molecular weight excluding hydrogens is 416 g/mol. The van der Waals surface area contributed by atoms with E-state index in [0.717, 1.165) is 5.56 Å². The Morgan fingerprint density at radius 1 is 0.935 bits per heavy atom. The third-order valence-corrected chi connectivity index (χ3v) is 4.99. The average Bonchev–Trinajstić information content (AvgIpc) is 3.43. The first kappa shape index (κ1) is 19.0. The van der Waals surface area contributed by atoms with Crippen molar-refractivity contribution >= 4 is 34.3 Å². The normalized spacial score (nSPS) is 11.0. The molecule has 5 rings (SSSR count). The summed E-state index contributed by atoms with van der Waals surface area (Å²) in [6.07, 6.45) is 0. The Balaban J connectivity index is 1.39. The second-order valence-electron chi connectivity index (χ2n) is 6.84. The fourth-order valence-corrected chi connectivity index (χ4v) is 3.32. The van der Waals surface area contributed by atoms with Crippen molar-refractivity contribution in [2.45, 2.75) is 0 Å². The highest BCUT2D eigenvalue weighted by Crippen LogP contribution is 2.33. The third kappa shape index (κ3) is 3.76. The molecule has 0 bridgehead atoms. The van der Waals surface area contributed by atoms with Gasteiger partial charge in [-0.2, -0.15) is 0 Å². The molecule has 0 saturated carbocycles. The quantitative estimate of drug-likeness (QED) is 0.323. The van der Waals surface area contributed by atoms with Gasteiger partial charge in [0, 0.05) is 16.3 Å². The molecule has 1 amide bonds. The fourth-order valence-electron chi connectivity index (χ4n) is 3.19. The van der Waals surface area contributed by atoms with Crippen LogP contribution in [0, 0.1) is 0 Å². The molecule has 31 heavy (non-hydrogen) atoms. The maximum atomic E-state index is 12.7. The third-order valence-electron chi connectivity index (χ3n) is 4.74. The predicted octanol–water partition coefficient (Wildman–Crippen LogP) is 6.37. The van der Waals surface area contributed by atoms with Crippen LogP contribution in [0.2, 0.25) is 5.02 Å². The Bertz CT molecular complexity index is 1370. The molecule has 2 aromatic heterocycles. The lowest BCUT2D eigenvalue weighted by Gasteiger charge is -2.06. The number of amides is 1. The molecule has 0 saturated heterocycles. The van der Waals surface area contributed by atoms with Crippen molar-refractivity contribution in [1.82, 2.24) is 4.98 Å². The maximum absolute atomic E-state index is 12.7. The number of furan rings is 1. The standard InChI is InChI=1S/C24H15ClN2O4/c25-15-7-5-14(6-8-15)20-11-12-22(30-20)23(29)26-16-9-10-19(28)17(13-16)24-27-18-3-1-2-4-21(18)31-24/h1-13,28H,(H,26,29). The summed E-state index contributed by atoms with van der Waals surface area (Å²) in [7, 11) is 0. The number of aromatic nitrogens is 1. The zero-order chi connectivity index (χ0) is 21.4. The largest absolute Gasteiger partial charge is 0.507 e. The summed E-state index contributed by atoms with van der Waals surface area (Å²) in [5.74, 6) is 0.543. The highest BCUT2D eigenvalue weighted by Gasteiger charge is 2.16. The maximum Gasteiger partial charge on any atom is 0.291 e. The smallest absolute Gasteiger partial charge is 0.291 e. The molecule has 0 fully saturated rings. The van der Waals surface area contributed by atoms with E-state index in [2.05, 4.69) is 10.3 Å². The lowest BCUT2D eigenvalue weighted by Crippen LogP contribution is -2.10. The van der Waals surface area contributed by atoms with Gasteiger partial charge in [0.15, 0.2) is 11.3 Å². The second kappa shape index (κ2) is 7.66. The summed E-state index contributed by atoms with van der Waals surface area (Å²) >= 11 is 5.91. The van der Waals surface area contributed by atoms with Crippen LogP contribution in [0.25, 0.3) is 33.9 Å². The van der Waals surface area contributed by atoms with Crippen LogP contribution >= 0.6 is 11.6 Å². The number of hydrogen-bond acceptors (Lipinski definition) is 5. The van der Waals surface area contributed by atoms with Crippen LogP contribution in [0.4, 0.5) is 5.69 Å². The average molecular weight is 431 g/mol. The number of phenols is 1. The molecular formula is C24H15ClN2O4. The van der Waals surface area contributed by atoms with E-state index >= 15 is 0 Å². The number of hydrogen-bond donors (Lipinski definition) is 2. The number of phenolic OH excluding ortho intramolecular Hbond substituents is 1. The zero-order valence-electron chi connectivity index (χ0n) is 16.0. The van der Waals surface area contributed by atoms with Gasteiger partial charge in [0.1, 0.15) is 17.0 Å². The Labute approximate surface area is 181 Å². The molecule has 0 aliphatic rings. The number of nitrogens with one attached hydrogen (secondary N) is 1. The van der Waals surface area contributed by atoms with Gasteiger partial charge in [-0.05, 0) is 66.7 Å². The molecule has 0 spiro atoms. The van der Waals surface area contributed by atoms with Crippen LogP contribution in [-0.2, 0) is 0 Å². The van der Waals surface area contributed by atoms with Gasteiger partial charge in [0.25, 0.3) is 5.91 Å². The van der Waals surface area contributed by atoms with Gasteiger partial charge in [-0.1, -0.05) is 23.7 Å². The number of rotatable bonds is 4. The zero-order valence-corrected chi connectivity index (χ0v) is 16.8. The van der Waals surface area contributed by atoms with Crippen LogP contribution in [0.1, 0.15) is 10.6 Å². The first-order valence-electron chi connectivity index (χ1n) is 9.43. The van der Waals surface area contributed by atoms with Crippen molar-refractivity contribution in [3.05, 3.63) is 89.6 Å². The lowest BCUT2D eigenvalue weighted by molar-refractivity contribution is 0.0997. The van der Waals surface area contributed by atoms with Crippen molar-refractivity contribution in [1.29, 1.82) is 0 Å². The highest BCUT2D eigenvalue weighted by atomic mass is 35.5. The highest BCUT2D eigenvalue weighted by molar-refractivity contribution is 6.30. The molecule has 5 aromatic rings. The van der Waals surface area contributed by atoms with Crippen LogP contribution in [-0.4, -0.2) is 16.0 Å². The van der Waals surface area contributed by atoms with Gasteiger partial charge in [0.2, 0.25) is 5.89 Å². The van der Waals surface area contributed by atoms with Crippen LogP contribution in [0.3, 0.4) is 0 Å². The lowest BCUT2D eigenvalue weighted by atomic mass is 10.1. The number of carbonyl (C=O) groups excluding carboxylic acids is 1. The minimum atomic E-state index is -0.422. The predicted molar refractivity (Wildman–Crippen MR) is 118 cm³/mol. The van der Waals surface area contributed by atoms with E-state index in [4.69, 9.17) is 20.4 Å². The van der Waals surface area contributed by atoms with Gasteiger partial charge in [-0.3, -0.25) is 4.79 Å².